The summed E-state index contributed by atoms with van der Waals surface area (Å²) in [7, 11) is 0. The zero-order chi connectivity index (χ0) is 21.3. The van der Waals surface area contributed by atoms with Gasteiger partial charge >= 0.3 is 11.8 Å². The SMILES string of the molecule is Cc1cccc(COc2ccc(/C=N/NC(=O)C(=O)Nc3cccc(Cl)c3)cc2)c1. The van der Waals surface area contributed by atoms with Gasteiger partial charge in [0.2, 0.25) is 0 Å². The van der Waals surface area contributed by atoms with E-state index in [1.165, 1.54) is 11.8 Å². The van der Waals surface area contributed by atoms with Crippen molar-refractivity contribution in [3.05, 3.63) is 94.5 Å². The zero-order valence-corrected chi connectivity index (χ0v) is 17.0. The van der Waals surface area contributed by atoms with Gasteiger partial charge in [-0.2, -0.15) is 5.10 Å². The van der Waals surface area contributed by atoms with Crippen molar-refractivity contribution in [2.45, 2.75) is 13.5 Å². The van der Waals surface area contributed by atoms with Crippen molar-refractivity contribution in [1.29, 1.82) is 0 Å². The summed E-state index contributed by atoms with van der Waals surface area (Å²) in [5, 5.41) is 6.70. The van der Waals surface area contributed by atoms with Crippen molar-refractivity contribution >= 4 is 35.3 Å². The third-order valence-corrected chi connectivity index (χ3v) is 4.27. The average Bonchev–Trinajstić information content (AvgIpc) is 2.73. The number of hydrogen-bond acceptors (Lipinski definition) is 4. The van der Waals surface area contributed by atoms with Gasteiger partial charge in [-0.1, -0.05) is 47.5 Å². The van der Waals surface area contributed by atoms with Gasteiger partial charge in [0.15, 0.2) is 0 Å². The van der Waals surface area contributed by atoms with E-state index < -0.39 is 11.8 Å². The molecule has 0 aromatic heterocycles. The molecule has 3 aromatic carbocycles. The quantitative estimate of drug-likeness (QED) is 0.353. The molecule has 3 rings (SSSR count). The van der Waals surface area contributed by atoms with E-state index in [0.717, 1.165) is 16.9 Å². The topological polar surface area (TPSA) is 79.8 Å². The number of amides is 2. The third-order valence-electron chi connectivity index (χ3n) is 4.04. The largest absolute Gasteiger partial charge is 0.489 e. The second-order valence-corrected chi connectivity index (χ2v) is 6.95. The summed E-state index contributed by atoms with van der Waals surface area (Å²) in [4.78, 5) is 23.7. The number of anilines is 1. The second-order valence-electron chi connectivity index (χ2n) is 6.51. The lowest BCUT2D eigenvalue weighted by Gasteiger charge is -2.07. The van der Waals surface area contributed by atoms with E-state index in [9.17, 15) is 9.59 Å². The molecule has 2 amide bonds. The molecule has 0 aliphatic heterocycles. The summed E-state index contributed by atoms with van der Waals surface area (Å²) in [5.41, 5.74) is 5.64. The second kappa shape index (κ2) is 10.2. The highest BCUT2D eigenvalue weighted by molar-refractivity contribution is 6.39. The molecule has 0 saturated heterocycles. The monoisotopic (exact) mass is 421 g/mol. The first-order chi connectivity index (χ1) is 14.5. The molecule has 0 fully saturated rings. The molecule has 0 aliphatic rings. The van der Waals surface area contributed by atoms with Gasteiger partial charge < -0.3 is 10.1 Å². The Balaban J connectivity index is 1.47. The number of benzene rings is 3. The summed E-state index contributed by atoms with van der Waals surface area (Å²) < 4.78 is 5.76. The Morgan fingerprint density at radius 3 is 2.50 bits per heavy atom. The molecule has 0 heterocycles. The molecular weight excluding hydrogens is 402 g/mol. The molecule has 3 aromatic rings. The number of rotatable bonds is 6. The van der Waals surface area contributed by atoms with Crippen LogP contribution < -0.4 is 15.5 Å². The molecule has 0 bridgehead atoms. The van der Waals surface area contributed by atoms with E-state index in [2.05, 4.69) is 21.9 Å². The maximum atomic E-state index is 11.9. The summed E-state index contributed by atoms with van der Waals surface area (Å²) in [6, 6.07) is 21.8. The molecule has 30 heavy (non-hydrogen) atoms. The fourth-order valence-electron chi connectivity index (χ4n) is 2.59. The van der Waals surface area contributed by atoms with E-state index in [0.29, 0.717) is 17.3 Å². The molecule has 0 radical (unpaired) electrons. The highest BCUT2D eigenvalue weighted by Gasteiger charge is 2.12. The van der Waals surface area contributed by atoms with Gasteiger partial charge in [0.05, 0.1) is 6.21 Å². The van der Waals surface area contributed by atoms with Crippen LogP contribution in [0.2, 0.25) is 5.02 Å². The van der Waals surface area contributed by atoms with Crippen LogP contribution in [0.5, 0.6) is 5.75 Å². The van der Waals surface area contributed by atoms with E-state index in [-0.39, 0.29) is 0 Å². The Labute approximate surface area is 179 Å². The van der Waals surface area contributed by atoms with Crippen LogP contribution >= 0.6 is 11.6 Å². The number of carbonyl (C=O) groups excluding carboxylic acids is 2. The molecule has 152 valence electrons. The zero-order valence-electron chi connectivity index (χ0n) is 16.3. The van der Waals surface area contributed by atoms with Gasteiger partial charge in [-0.25, -0.2) is 5.43 Å². The number of halogens is 1. The van der Waals surface area contributed by atoms with Gasteiger partial charge in [-0.05, 0) is 60.5 Å². The first kappa shape index (κ1) is 21.1. The van der Waals surface area contributed by atoms with E-state index in [1.54, 1.807) is 36.4 Å². The Morgan fingerprint density at radius 2 is 1.77 bits per heavy atom. The minimum absolute atomic E-state index is 0.424. The van der Waals surface area contributed by atoms with E-state index in [4.69, 9.17) is 16.3 Å². The summed E-state index contributed by atoms with van der Waals surface area (Å²) in [6.45, 7) is 2.52. The fraction of sp³-hybridized carbons (Fsp3) is 0.0870. The van der Waals surface area contributed by atoms with Crippen molar-refractivity contribution in [3.63, 3.8) is 0 Å². The Morgan fingerprint density at radius 1 is 1.00 bits per heavy atom. The molecule has 7 heteroatoms. The van der Waals surface area contributed by atoms with Crippen LogP contribution in [0.15, 0.2) is 77.9 Å². The lowest BCUT2D eigenvalue weighted by Crippen LogP contribution is -2.32. The van der Waals surface area contributed by atoms with Crippen molar-refractivity contribution in [2.75, 3.05) is 5.32 Å². The number of nitrogens with zero attached hydrogens (tertiary/aromatic N) is 1. The van der Waals surface area contributed by atoms with Crippen molar-refractivity contribution in [2.24, 2.45) is 5.10 Å². The number of ether oxygens (including phenoxy) is 1. The minimum atomic E-state index is -0.885. The Kier molecular flexibility index (Phi) is 7.19. The normalized spacial score (nSPS) is 10.6. The molecule has 2 N–H and O–H groups in total. The minimum Gasteiger partial charge on any atom is -0.489 e. The third kappa shape index (κ3) is 6.46. The van der Waals surface area contributed by atoms with E-state index >= 15 is 0 Å². The van der Waals surface area contributed by atoms with Crippen LogP contribution in [-0.4, -0.2) is 18.0 Å². The van der Waals surface area contributed by atoms with Crippen LogP contribution in [0.1, 0.15) is 16.7 Å². The standard InChI is InChI=1S/C23H20ClN3O3/c1-16-4-2-5-18(12-16)15-30-21-10-8-17(9-11-21)14-25-27-23(29)22(28)26-20-7-3-6-19(24)13-20/h2-14H,15H2,1H3,(H,26,28)(H,27,29)/b25-14+. The molecule has 0 atom stereocenters. The van der Waals surface area contributed by atoms with Gasteiger partial charge in [-0.15, -0.1) is 0 Å². The molecule has 0 saturated carbocycles. The van der Waals surface area contributed by atoms with Gasteiger partial charge in [-0.3, -0.25) is 9.59 Å². The smallest absolute Gasteiger partial charge is 0.329 e. The Hall–Kier alpha value is -3.64. The molecule has 0 aliphatic carbocycles. The van der Waals surface area contributed by atoms with Gasteiger partial charge in [0.25, 0.3) is 0 Å². The number of aryl methyl sites for hydroxylation is 1. The number of carbonyl (C=O) groups is 2. The van der Waals surface area contributed by atoms with Crippen LogP contribution in [0, 0.1) is 6.92 Å². The predicted octanol–water partition coefficient (Wildman–Crippen LogP) is 4.32. The highest BCUT2D eigenvalue weighted by Crippen LogP contribution is 2.15. The fourth-order valence-corrected chi connectivity index (χ4v) is 2.78. The van der Waals surface area contributed by atoms with Crippen molar-refractivity contribution < 1.29 is 14.3 Å². The van der Waals surface area contributed by atoms with Crippen LogP contribution in [-0.2, 0) is 16.2 Å². The van der Waals surface area contributed by atoms with E-state index in [1.807, 2.05) is 37.3 Å². The summed E-state index contributed by atoms with van der Waals surface area (Å²) in [6.07, 6.45) is 1.44. The van der Waals surface area contributed by atoms with Crippen molar-refractivity contribution in [1.82, 2.24) is 5.43 Å². The summed E-state index contributed by atoms with van der Waals surface area (Å²) >= 11 is 5.84. The average molecular weight is 422 g/mol. The maximum absolute atomic E-state index is 11.9. The maximum Gasteiger partial charge on any atom is 0.329 e. The number of nitrogens with one attached hydrogen (secondary N) is 2. The van der Waals surface area contributed by atoms with Crippen molar-refractivity contribution in [3.8, 4) is 5.75 Å². The van der Waals surface area contributed by atoms with Gasteiger partial charge in [0.1, 0.15) is 12.4 Å². The van der Waals surface area contributed by atoms with Crippen LogP contribution in [0.4, 0.5) is 5.69 Å². The number of hydrazone groups is 1. The van der Waals surface area contributed by atoms with Crippen LogP contribution in [0.3, 0.4) is 0 Å². The predicted molar refractivity (Wildman–Crippen MR) is 118 cm³/mol. The highest BCUT2D eigenvalue weighted by atomic mass is 35.5. The lowest BCUT2D eigenvalue weighted by molar-refractivity contribution is -0.136. The lowest BCUT2D eigenvalue weighted by atomic mass is 10.1. The number of hydrogen-bond donors (Lipinski definition) is 2. The van der Waals surface area contributed by atoms with Crippen LogP contribution in [0.25, 0.3) is 0 Å². The first-order valence-electron chi connectivity index (χ1n) is 9.18. The molecular formula is C23H20ClN3O3. The molecule has 0 spiro atoms. The summed E-state index contributed by atoms with van der Waals surface area (Å²) in [5.74, 6) is -1.00. The molecule has 0 unspecified atom stereocenters. The molecule has 6 nitrogen and oxygen atoms in total. The Bertz CT molecular complexity index is 1070. The first-order valence-corrected chi connectivity index (χ1v) is 9.56. The van der Waals surface area contributed by atoms with Gasteiger partial charge in [0, 0.05) is 10.7 Å².